The van der Waals surface area contributed by atoms with E-state index in [9.17, 15) is 26.9 Å². The van der Waals surface area contributed by atoms with Gasteiger partial charge in [-0.3, -0.25) is 4.79 Å². The summed E-state index contributed by atoms with van der Waals surface area (Å²) in [5.74, 6) is 2.15. The maximum Gasteiger partial charge on any atom is 0.310 e. The molecule has 1 atom stereocenters. The number of nitrogens with zero attached hydrogens (tertiary/aromatic N) is 5. The molecule has 2 aromatic heterocycles. The van der Waals surface area contributed by atoms with Crippen LogP contribution in [0.1, 0.15) is 40.5 Å². The van der Waals surface area contributed by atoms with Crippen LogP contribution < -0.4 is 0 Å². The summed E-state index contributed by atoms with van der Waals surface area (Å²) in [5.41, 5.74) is 1.79. The summed E-state index contributed by atoms with van der Waals surface area (Å²) in [6, 6.07) is 8.17. The Morgan fingerprint density at radius 2 is 2.00 bits per heavy atom. The first kappa shape index (κ1) is 26.9. The van der Waals surface area contributed by atoms with Crippen molar-refractivity contribution >= 4 is 36.9 Å². The number of rotatable bonds is 6. The fourth-order valence-corrected chi connectivity index (χ4v) is 7.19. The van der Waals surface area contributed by atoms with Crippen LogP contribution in [0, 0.1) is 23.7 Å². The van der Waals surface area contributed by atoms with Crippen molar-refractivity contribution < 1.29 is 26.0 Å². The van der Waals surface area contributed by atoms with Crippen LogP contribution in [0.2, 0.25) is 0 Å². The number of sulfonamides is 2. The van der Waals surface area contributed by atoms with E-state index in [0.717, 1.165) is 6.26 Å². The molecule has 1 amide bonds. The zero-order valence-corrected chi connectivity index (χ0v) is 22.8. The maximum atomic E-state index is 13.5. The summed E-state index contributed by atoms with van der Waals surface area (Å²) in [6.45, 7) is 0.322. The third-order valence-electron chi connectivity index (χ3n) is 7.02. The average Bonchev–Trinajstić information content (AvgIpc) is 3.54. The zero-order valence-electron chi connectivity index (χ0n) is 21.1. The van der Waals surface area contributed by atoms with Crippen molar-refractivity contribution in [3.63, 3.8) is 0 Å². The van der Waals surface area contributed by atoms with E-state index < -0.39 is 32.0 Å². The van der Waals surface area contributed by atoms with E-state index in [4.69, 9.17) is 10.8 Å². The Morgan fingerprint density at radius 3 is 2.72 bits per heavy atom. The van der Waals surface area contributed by atoms with Gasteiger partial charge in [0.05, 0.1) is 24.6 Å². The van der Waals surface area contributed by atoms with Crippen molar-refractivity contribution in [2.24, 2.45) is 0 Å². The Morgan fingerprint density at radius 1 is 1.21 bits per heavy atom. The second kappa shape index (κ2) is 10.1. The monoisotopic (exact) mass is 570 g/mol. The second-order valence-corrected chi connectivity index (χ2v) is 13.4. The molecule has 204 valence electrons. The Kier molecular flexibility index (Phi) is 6.99. The number of hydrogen-bond donors (Lipinski definition) is 1. The number of piperazine rings is 1. The molecule has 0 bridgehead atoms. The highest BCUT2D eigenvalue weighted by atomic mass is 32.2. The lowest BCUT2D eigenvalue weighted by Gasteiger charge is -2.39. The molecule has 14 heteroatoms. The highest BCUT2D eigenvalue weighted by molar-refractivity contribution is 7.89. The molecule has 1 N–H and O–H groups in total. The van der Waals surface area contributed by atoms with E-state index in [2.05, 4.69) is 22.0 Å². The zero-order chi connectivity index (χ0) is 27.9. The molecule has 1 aromatic carbocycles. The minimum atomic E-state index is -3.93. The molecule has 12 nitrogen and oxygen atoms in total. The number of nitrogens with one attached hydrogen (secondary N) is 1. The Bertz CT molecular complexity index is 1740. The summed E-state index contributed by atoms with van der Waals surface area (Å²) in [5, 5.41) is 9.86. The number of carbonyl (C=O) groups is 1. The van der Waals surface area contributed by atoms with Crippen LogP contribution in [0.3, 0.4) is 0 Å². The first-order valence-corrected chi connectivity index (χ1v) is 15.5. The Hall–Kier alpha value is -3.69. The van der Waals surface area contributed by atoms with Gasteiger partial charge in [0.25, 0.3) is 15.9 Å². The predicted molar refractivity (Wildman–Crippen MR) is 140 cm³/mol. The molecule has 5 rings (SSSR count). The third-order valence-corrected chi connectivity index (χ3v) is 10.1. The smallest absolute Gasteiger partial charge is 0.310 e. The largest absolute Gasteiger partial charge is 0.436 e. The molecular weight excluding hydrogens is 544 g/mol. The molecule has 2 aliphatic heterocycles. The van der Waals surface area contributed by atoms with Crippen LogP contribution in [-0.4, -0.2) is 84.7 Å². The van der Waals surface area contributed by atoms with Gasteiger partial charge in [-0.2, -0.15) is 13.9 Å². The lowest BCUT2D eigenvalue weighted by atomic mass is 10.1. The van der Waals surface area contributed by atoms with E-state index in [1.165, 1.54) is 19.6 Å². The topological polar surface area (TPSA) is 161 Å². The number of hydrogen-bond acceptors (Lipinski definition) is 8. The van der Waals surface area contributed by atoms with Crippen LogP contribution in [-0.2, 0) is 33.0 Å². The number of carbonyl (C=O) groups excluding carboxylic acids is 1. The first-order chi connectivity index (χ1) is 18.5. The number of benzene rings is 1. The Balaban J connectivity index is 1.37. The fraction of sp³-hybridized carbons (Fsp3) is 0.400. The van der Waals surface area contributed by atoms with Gasteiger partial charge in [-0.25, -0.2) is 21.8 Å². The van der Waals surface area contributed by atoms with Crippen molar-refractivity contribution in [3.05, 3.63) is 47.2 Å². The minimum absolute atomic E-state index is 0.00827. The van der Waals surface area contributed by atoms with Gasteiger partial charge in [-0.15, -0.1) is 6.42 Å². The van der Waals surface area contributed by atoms with Crippen molar-refractivity contribution in [2.45, 2.75) is 36.9 Å². The lowest BCUT2D eigenvalue weighted by Crippen LogP contribution is -2.56. The van der Waals surface area contributed by atoms with Gasteiger partial charge >= 0.3 is 5.91 Å². The van der Waals surface area contributed by atoms with Crippen molar-refractivity contribution in [2.75, 3.05) is 32.4 Å². The summed E-state index contributed by atoms with van der Waals surface area (Å²) in [7, 11) is -7.36. The second-order valence-electron chi connectivity index (χ2n) is 9.53. The summed E-state index contributed by atoms with van der Waals surface area (Å²) in [4.78, 5) is 22.2. The van der Waals surface area contributed by atoms with E-state index in [1.54, 1.807) is 18.2 Å². The number of H-pyrrole nitrogens is 1. The van der Waals surface area contributed by atoms with Crippen molar-refractivity contribution in [1.82, 2.24) is 23.5 Å². The first-order valence-electron chi connectivity index (χ1n) is 12.2. The molecule has 0 saturated carbocycles. The molecule has 4 heterocycles. The molecular formula is C25H26N6O6S2. The molecule has 2 aliphatic rings. The third kappa shape index (κ3) is 5.16. The number of terminal acetylenes is 1. The molecule has 0 spiro atoms. The SMILES string of the molecule is C#Cc1ccc2[nH]c(S(=O)(=O)N3CCN(C(=O)c4nc5c(o4)CN(S(C)(=O)=O)CC5)C(CCC#N)C3)cc2c1. The average molecular weight is 571 g/mol. The summed E-state index contributed by atoms with van der Waals surface area (Å²) < 4.78 is 59.1. The molecule has 39 heavy (non-hydrogen) atoms. The van der Waals surface area contributed by atoms with Crippen LogP contribution in [0.5, 0.6) is 0 Å². The number of aromatic nitrogens is 2. The van der Waals surface area contributed by atoms with Crippen LogP contribution in [0.15, 0.2) is 33.7 Å². The molecule has 0 radical (unpaired) electrons. The number of nitriles is 1. The molecule has 1 fully saturated rings. The maximum absolute atomic E-state index is 13.5. The quantitative estimate of drug-likeness (QED) is 0.434. The predicted octanol–water partition coefficient (Wildman–Crippen LogP) is 1.27. The van der Waals surface area contributed by atoms with Gasteiger partial charge in [0.2, 0.25) is 10.0 Å². The molecule has 3 aromatic rings. The Labute approximate surface area is 226 Å². The van der Waals surface area contributed by atoms with E-state index in [-0.39, 0.29) is 56.5 Å². The standard InChI is InChI=1S/C25H26N6O6S2/c1-3-17-6-7-20-18(13-17)14-23(27-20)39(35,36)30-11-12-31(19(15-30)5-4-9-26)25(32)24-28-21-8-10-29(38(2,33)34)16-22(21)37-24/h1,6-7,13-14,19,27H,4-5,8,10-12,15-16H2,2H3. The highest BCUT2D eigenvalue weighted by Gasteiger charge is 2.39. The lowest BCUT2D eigenvalue weighted by molar-refractivity contribution is 0.0511. The van der Waals surface area contributed by atoms with Gasteiger partial charge in [-0.1, -0.05) is 5.92 Å². The van der Waals surface area contributed by atoms with Crippen LogP contribution >= 0.6 is 0 Å². The number of oxazole rings is 1. The summed E-state index contributed by atoms with van der Waals surface area (Å²) >= 11 is 0. The number of amides is 1. The van der Waals surface area contributed by atoms with Crippen molar-refractivity contribution in [1.29, 1.82) is 5.26 Å². The van der Waals surface area contributed by atoms with Gasteiger partial charge in [0.15, 0.2) is 0 Å². The summed E-state index contributed by atoms with van der Waals surface area (Å²) in [6.07, 6.45) is 7.26. The van der Waals surface area contributed by atoms with Crippen LogP contribution in [0.4, 0.5) is 0 Å². The molecule has 1 unspecified atom stereocenters. The van der Waals surface area contributed by atoms with E-state index >= 15 is 0 Å². The van der Waals surface area contributed by atoms with Gasteiger partial charge in [0.1, 0.15) is 10.8 Å². The fourth-order valence-electron chi connectivity index (χ4n) is 4.93. The highest BCUT2D eigenvalue weighted by Crippen LogP contribution is 2.28. The number of aromatic amines is 1. The van der Waals surface area contributed by atoms with Crippen LogP contribution in [0.25, 0.3) is 10.9 Å². The van der Waals surface area contributed by atoms with E-state index in [1.807, 2.05) is 0 Å². The van der Waals surface area contributed by atoms with E-state index in [0.29, 0.717) is 34.3 Å². The van der Waals surface area contributed by atoms with Gasteiger partial charge in [0, 0.05) is 61.5 Å². The number of fused-ring (bicyclic) bond motifs is 2. The van der Waals surface area contributed by atoms with Crippen molar-refractivity contribution in [3.8, 4) is 18.4 Å². The normalized spacial score (nSPS) is 18.9. The molecule has 1 saturated heterocycles. The molecule has 0 aliphatic carbocycles. The van der Waals surface area contributed by atoms with Gasteiger partial charge in [-0.05, 0) is 30.7 Å². The van der Waals surface area contributed by atoms with Gasteiger partial charge < -0.3 is 14.3 Å². The minimum Gasteiger partial charge on any atom is -0.436 e.